The molecule has 0 radical (unpaired) electrons. The Morgan fingerprint density at radius 1 is 0.970 bits per heavy atom. The van der Waals surface area contributed by atoms with E-state index in [4.69, 9.17) is 11.6 Å². The molecule has 0 atom stereocenters. The Balaban J connectivity index is 1.56. The molecule has 4 rings (SSSR count). The lowest BCUT2D eigenvalue weighted by molar-refractivity contribution is -0.131. The van der Waals surface area contributed by atoms with Crippen molar-refractivity contribution >= 4 is 39.1 Å². The summed E-state index contributed by atoms with van der Waals surface area (Å²) in [6.07, 6.45) is 1.34. The van der Waals surface area contributed by atoms with Gasteiger partial charge in [0.1, 0.15) is 0 Å². The number of fused-ring (bicyclic) bond motifs is 1. The zero-order valence-corrected chi connectivity index (χ0v) is 21.0. The SMILES string of the molecule is O=C(Cc1ccccc1Cl)N1CCN(Cc2ccccc2)CCCNc2ccc(Br)cc2C1. The number of benzene rings is 3. The van der Waals surface area contributed by atoms with Crippen LogP contribution in [0.1, 0.15) is 23.1 Å². The van der Waals surface area contributed by atoms with Crippen LogP contribution in [0.5, 0.6) is 0 Å². The zero-order chi connectivity index (χ0) is 23.0. The minimum absolute atomic E-state index is 0.0907. The van der Waals surface area contributed by atoms with Gasteiger partial charge in [0.15, 0.2) is 0 Å². The average molecular weight is 527 g/mol. The fourth-order valence-electron chi connectivity index (χ4n) is 4.18. The number of halogens is 2. The van der Waals surface area contributed by atoms with E-state index in [0.717, 1.165) is 53.9 Å². The van der Waals surface area contributed by atoms with E-state index in [-0.39, 0.29) is 5.91 Å². The third-order valence-electron chi connectivity index (χ3n) is 5.98. The second-order valence-corrected chi connectivity index (χ2v) is 9.75. The van der Waals surface area contributed by atoms with Crippen LogP contribution in [0.15, 0.2) is 77.3 Å². The molecule has 0 aromatic heterocycles. The van der Waals surface area contributed by atoms with Crippen LogP contribution in [-0.2, 0) is 24.3 Å². The van der Waals surface area contributed by atoms with Crippen molar-refractivity contribution in [3.05, 3.63) is 99.0 Å². The lowest BCUT2D eigenvalue weighted by Gasteiger charge is -2.28. The first-order valence-electron chi connectivity index (χ1n) is 11.4. The second-order valence-electron chi connectivity index (χ2n) is 8.43. The van der Waals surface area contributed by atoms with Gasteiger partial charge in [-0.15, -0.1) is 0 Å². The average Bonchev–Trinajstić information content (AvgIpc) is 2.85. The minimum atomic E-state index is 0.0907. The summed E-state index contributed by atoms with van der Waals surface area (Å²) in [4.78, 5) is 17.9. The largest absolute Gasteiger partial charge is 0.385 e. The van der Waals surface area contributed by atoms with Gasteiger partial charge in [-0.3, -0.25) is 9.69 Å². The van der Waals surface area contributed by atoms with Gasteiger partial charge in [0.25, 0.3) is 0 Å². The van der Waals surface area contributed by atoms with E-state index in [9.17, 15) is 4.79 Å². The normalized spacial score (nSPS) is 15.3. The first-order valence-corrected chi connectivity index (χ1v) is 12.6. The van der Waals surface area contributed by atoms with Crippen molar-refractivity contribution in [2.75, 3.05) is 31.5 Å². The summed E-state index contributed by atoms with van der Waals surface area (Å²) in [5.41, 5.74) is 4.37. The number of nitrogens with zero attached hydrogens (tertiary/aromatic N) is 2. The Labute approximate surface area is 209 Å². The Morgan fingerprint density at radius 3 is 2.58 bits per heavy atom. The number of hydrogen-bond donors (Lipinski definition) is 1. The maximum absolute atomic E-state index is 13.4. The molecule has 0 unspecified atom stereocenters. The molecule has 0 fully saturated rings. The van der Waals surface area contributed by atoms with Crippen molar-refractivity contribution in [3.8, 4) is 0 Å². The monoisotopic (exact) mass is 525 g/mol. The van der Waals surface area contributed by atoms with Gasteiger partial charge in [0.05, 0.1) is 6.42 Å². The highest BCUT2D eigenvalue weighted by atomic mass is 79.9. The number of nitrogens with one attached hydrogen (secondary N) is 1. The van der Waals surface area contributed by atoms with Gasteiger partial charge in [-0.2, -0.15) is 0 Å². The lowest BCUT2D eigenvalue weighted by atomic mass is 10.1. The van der Waals surface area contributed by atoms with Crippen molar-refractivity contribution in [1.29, 1.82) is 0 Å². The number of carbonyl (C=O) groups excluding carboxylic acids is 1. The Morgan fingerprint density at radius 2 is 1.76 bits per heavy atom. The summed E-state index contributed by atoms with van der Waals surface area (Å²) in [5, 5.41) is 4.22. The van der Waals surface area contributed by atoms with E-state index in [1.165, 1.54) is 5.56 Å². The Hall–Kier alpha value is -2.34. The zero-order valence-electron chi connectivity index (χ0n) is 18.6. The molecule has 3 aromatic carbocycles. The van der Waals surface area contributed by atoms with Crippen molar-refractivity contribution in [2.45, 2.75) is 25.9 Å². The van der Waals surface area contributed by atoms with Crippen LogP contribution in [0.3, 0.4) is 0 Å². The van der Waals surface area contributed by atoms with E-state index in [1.807, 2.05) is 41.3 Å². The van der Waals surface area contributed by atoms with Crippen LogP contribution in [0.4, 0.5) is 5.69 Å². The molecule has 172 valence electrons. The van der Waals surface area contributed by atoms with Crippen LogP contribution >= 0.6 is 27.5 Å². The minimum Gasteiger partial charge on any atom is -0.385 e. The predicted molar refractivity (Wildman–Crippen MR) is 140 cm³/mol. The van der Waals surface area contributed by atoms with Gasteiger partial charge in [0, 0.05) is 54.5 Å². The van der Waals surface area contributed by atoms with E-state index in [2.05, 4.69) is 62.5 Å². The first-order chi connectivity index (χ1) is 16.1. The van der Waals surface area contributed by atoms with Gasteiger partial charge in [0.2, 0.25) is 5.91 Å². The molecule has 1 aliphatic heterocycles. The van der Waals surface area contributed by atoms with Crippen LogP contribution < -0.4 is 5.32 Å². The summed E-state index contributed by atoms with van der Waals surface area (Å²) in [7, 11) is 0. The second kappa shape index (κ2) is 11.7. The van der Waals surface area contributed by atoms with E-state index in [0.29, 0.717) is 24.5 Å². The van der Waals surface area contributed by atoms with Gasteiger partial charge in [-0.25, -0.2) is 0 Å². The number of hydrogen-bond acceptors (Lipinski definition) is 3. The topological polar surface area (TPSA) is 35.6 Å². The molecular formula is C27H29BrClN3O. The molecule has 1 aliphatic rings. The molecule has 0 aliphatic carbocycles. The summed E-state index contributed by atoms with van der Waals surface area (Å²) in [6, 6.07) is 24.4. The molecule has 0 saturated carbocycles. The van der Waals surface area contributed by atoms with Crippen molar-refractivity contribution < 1.29 is 4.79 Å². The molecule has 6 heteroatoms. The van der Waals surface area contributed by atoms with Crippen LogP contribution in [0, 0.1) is 0 Å². The highest BCUT2D eigenvalue weighted by Crippen LogP contribution is 2.24. The number of anilines is 1. The van der Waals surface area contributed by atoms with Gasteiger partial charge >= 0.3 is 0 Å². The molecular weight excluding hydrogens is 498 g/mol. The summed E-state index contributed by atoms with van der Waals surface area (Å²) >= 11 is 9.95. The smallest absolute Gasteiger partial charge is 0.227 e. The highest BCUT2D eigenvalue weighted by molar-refractivity contribution is 9.10. The quantitative estimate of drug-likeness (QED) is 0.453. The molecule has 0 bridgehead atoms. The van der Waals surface area contributed by atoms with Gasteiger partial charge in [-0.05, 0) is 47.4 Å². The molecule has 1 N–H and O–H groups in total. The number of amides is 1. The Bertz CT molecular complexity index is 1080. The van der Waals surface area contributed by atoms with E-state index >= 15 is 0 Å². The maximum atomic E-state index is 13.4. The molecule has 0 spiro atoms. The summed E-state index contributed by atoms with van der Waals surface area (Å²) in [5.74, 6) is 0.0907. The molecule has 33 heavy (non-hydrogen) atoms. The van der Waals surface area contributed by atoms with Crippen LogP contribution in [-0.4, -0.2) is 41.9 Å². The first kappa shape index (κ1) is 23.8. The molecule has 1 amide bonds. The van der Waals surface area contributed by atoms with E-state index < -0.39 is 0 Å². The summed E-state index contributed by atoms with van der Waals surface area (Å²) in [6.45, 7) is 4.80. The molecule has 1 heterocycles. The van der Waals surface area contributed by atoms with Crippen LogP contribution in [0.2, 0.25) is 5.02 Å². The highest BCUT2D eigenvalue weighted by Gasteiger charge is 2.20. The fourth-order valence-corrected chi connectivity index (χ4v) is 4.79. The van der Waals surface area contributed by atoms with Crippen molar-refractivity contribution in [3.63, 3.8) is 0 Å². The number of carbonyl (C=O) groups is 1. The maximum Gasteiger partial charge on any atom is 0.227 e. The van der Waals surface area contributed by atoms with Crippen LogP contribution in [0.25, 0.3) is 0 Å². The van der Waals surface area contributed by atoms with Gasteiger partial charge < -0.3 is 10.2 Å². The van der Waals surface area contributed by atoms with Gasteiger partial charge in [-0.1, -0.05) is 76.1 Å². The molecule has 3 aromatic rings. The van der Waals surface area contributed by atoms with E-state index in [1.54, 1.807) is 0 Å². The predicted octanol–water partition coefficient (Wildman–Crippen LogP) is 5.99. The summed E-state index contributed by atoms with van der Waals surface area (Å²) < 4.78 is 1.02. The van der Waals surface area contributed by atoms with Crippen molar-refractivity contribution in [2.24, 2.45) is 0 Å². The van der Waals surface area contributed by atoms with Crippen molar-refractivity contribution in [1.82, 2.24) is 9.80 Å². The third kappa shape index (κ3) is 6.83. The Kier molecular flexibility index (Phi) is 8.43. The number of rotatable bonds is 4. The fraction of sp³-hybridized carbons (Fsp3) is 0.296. The molecule has 4 nitrogen and oxygen atoms in total. The molecule has 0 saturated heterocycles. The third-order valence-corrected chi connectivity index (χ3v) is 6.84. The standard InChI is InChI=1S/C27H29BrClN3O/c28-24-11-12-26-23(17-24)20-32(27(33)18-22-9-4-5-10-25(22)29)16-15-31(14-6-13-30-26)19-21-7-2-1-3-8-21/h1-5,7-12,17,30H,6,13-16,18-20H2. The lowest BCUT2D eigenvalue weighted by Crippen LogP contribution is -2.39.